The van der Waals surface area contributed by atoms with E-state index >= 15 is 0 Å². The molecule has 0 unspecified atom stereocenters. The van der Waals surface area contributed by atoms with Crippen LogP contribution in [0.15, 0.2) is 146 Å². The van der Waals surface area contributed by atoms with Gasteiger partial charge in [-0.05, 0) is 270 Å². The van der Waals surface area contributed by atoms with Crippen LogP contribution in [0, 0.1) is 0 Å². The zero-order valence-corrected chi connectivity index (χ0v) is 38.2. The number of hydrogen-bond acceptors (Lipinski definition) is 0. The molecule has 0 radical (unpaired) electrons. The van der Waals surface area contributed by atoms with E-state index in [1.165, 1.54) is 223 Å². The van der Waals surface area contributed by atoms with E-state index in [0.29, 0.717) is 0 Å². The maximum Gasteiger partial charge on any atom is -0.00134 e. The molecule has 0 aliphatic heterocycles. The summed E-state index contributed by atoms with van der Waals surface area (Å²) in [7, 11) is 0. The summed E-state index contributed by atoms with van der Waals surface area (Å²) in [6.45, 7) is 0. The smallest absolute Gasteiger partial charge is 0.00134 e. The summed E-state index contributed by atoms with van der Waals surface area (Å²) in [5.41, 5.74) is 22.9. The molecule has 0 N–H and O–H groups in total. The number of rotatable bonds is 4. The van der Waals surface area contributed by atoms with Crippen molar-refractivity contribution in [2.24, 2.45) is 0 Å². The maximum atomic E-state index is 2.56. The highest BCUT2D eigenvalue weighted by Crippen LogP contribution is 2.48. The monoisotopic (exact) mass is 848 g/mol. The lowest BCUT2D eigenvalue weighted by Crippen LogP contribution is -2.02. The Bertz CT molecular complexity index is 3170. The Labute approximate surface area is 389 Å². The SMILES string of the molecule is c1cc2c(cc1-c1ccc3c4ccc(-c5ccc6c(c5)CCCC6)cc4c4c5cc(-c6ccc7c(c6)CCCC7)ccc5c5ccc(-c6ccc7c(c6)CCCC7)cc5c4c3c1)CCCC2. The second-order valence-electron chi connectivity index (χ2n) is 20.6. The molecule has 4 aliphatic rings. The summed E-state index contributed by atoms with van der Waals surface area (Å²) < 4.78 is 0. The van der Waals surface area contributed by atoms with Crippen LogP contribution in [0.3, 0.4) is 0 Å². The Morgan fingerprint density at radius 3 is 0.606 bits per heavy atom. The van der Waals surface area contributed by atoms with E-state index in [1.807, 2.05) is 0 Å². The molecule has 10 aromatic carbocycles. The zero-order valence-electron chi connectivity index (χ0n) is 38.2. The van der Waals surface area contributed by atoms with Crippen molar-refractivity contribution in [3.05, 3.63) is 190 Å². The predicted molar refractivity (Wildman–Crippen MR) is 282 cm³/mol. The van der Waals surface area contributed by atoms with Crippen LogP contribution in [0.5, 0.6) is 0 Å². The van der Waals surface area contributed by atoms with Crippen LogP contribution in [0.25, 0.3) is 98.4 Å². The molecule has 320 valence electrons. The molecule has 0 nitrogen and oxygen atoms in total. The standard InChI is InChI=1S/C66H56/c1-5-13-45-33-49(21-17-41(45)9-1)53-25-29-57-58-30-26-55(51-23-19-43-11-3-7-15-47(43)35-51)39-63(58)66-64-40-56(52-24-20-44-12-4-8-16-48(44)36-52)28-32-60(64)59-31-27-54(38-62(59)65(66)61(57)37-53)50-22-18-42-10-2-6-14-46(42)34-50/h17-40H,1-16H2. The average Bonchev–Trinajstić information content (AvgIpc) is 3.39. The normalized spacial score (nSPS) is 15.8. The second-order valence-corrected chi connectivity index (χ2v) is 20.6. The van der Waals surface area contributed by atoms with Gasteiger partial charge in [-0.2, -0.15) is 0 Å². The third-order valence-corrected chi connectivity index (χ3v) is 16.7. The Morgan fingerprint density at radius 1 is 0.167 bits per heavy atom. The van der Waals surface area contributed by atoms with Gasteiger partial charge in [-0.25, -0.2) is 0 Å². The van der Waals surface area contributed by atoms with Crippen LogP contribution in [0.2, 0.25) is 0 Å². The van der Waals surface area contributed by atoms with Crippen molar-refractivity contribution in [1.82, 2.24) is 0 Å². The van der Waals surface area contributed by atoms with Crippen molar-refractivity contribution in [2.45, 2.75) is 103 Å². The van der Waals surface area contributed by atoms with Gasteiger partial charge in [0.15, 0.2) is 0 Å². The summed E-state index contributed by atoms with van der Waals surface area (Å²) in [5, 5.41) is 13.5. The van der Waals surface area contributed by atoms with Gasteiger partial charge < -0.3 is 0 Å². The first-order valence-corrected chi connectivity index (χ1v) is 25.5. The Kier molecular flexibility index (Phi) is 9.13. The van der Waals surface area contributed by atoms with Crippen molar-refractivity contribution in [1.29, 1.82) is 0 Å². The molecule has 0 bridgehead atoms. The first-order valence-electron chi connectivity index (χ1n) is 25.5. The lowest BCUT2D eigenvalue weighted by atomic mass is 9.83. The predicted octanol–water partition coefficient (Wildman–Crippen LogP) is 17.6. The van der Waals surface area contributed by atoms with Crippen molar-refractivity contribution in [2.75, 3.05) is 0 Å². The van der Waals surface area contributed by atoms with Gasteiger partial charge in [0.1, 0.15) is 0 Å². The molecule has 0 spiro atoms. The summed E-state index contributed by atoms with van der Waals surface area (Å²) in [5.74, 6) is 0. The molecular formula is C66H56. The first-order chi connectivity index (χ1) is 32.7. The summed E-state index contributed by atoms with van der Waals surface area (Å²) in [4.78, 5) is 0. The topological polar surface area (TPSA) is 0 Å². The molecule has 4 aliphatic carbocycles. The molecule has 0 amide bonds. The minimum atomic E-state index is 1.19. The number of aryl methyl sites for hydroxylation is 8. The fourth-order valence-electron chi connectivity index (χ4n) is 13.1. The van der Waals surface area contributed by atoms with E-state index < -0.39 is 0 Å². The van der Waals surface area contributed by atoms with Crippen molar-refractivity contribution in [3.8, 4) is 44.5 Å². The highest BCUT2D eigenvalue weighted by atomic mass is 14.2. The lowest BCUT2D eigenvalue weighted by Gasteiger charge is -2.21. The summed E-state index contributed by atoms with van der Waals surface area (Å²) in [6.07, 6.45) is 19.9. The van der Waals surface area contributed by atoms with Gasteiger partial charge in [0, 0.05) is 0 Å². The average molecular weight is 849 g/mol. The molecule has 0 saturated heterocycles. The van der Waals surface area contributed by atoms with Crippen LogP contribution in [-0.2, 0) is 51.4 Å². The third kappa shape index (κ3) is 6.39. The third-order valence-electron chi connectivity index (χ3n) is 16.7. The molecule has 14 rings (SSSR count). The molecular weight excluding hydrogens is 793 g/mol. The maximum absolute atomic E-state index is 2.56. The highest BCUT2D eigenvalue weighted by molar-refractivity contribution is 6.40. The molecule has 0 atom stereocenters. The van der Waals surface area contributed by atoms with Gasteiger partial charge in [0.25, 0.3) is 0 Å². The van der Waals surface area contributed by atoms with Gasteiger partial charge in [0.2, 0.25) is 0 Å². The van der Waals surface area contributed by atoms with Gasteiger partial charge >= 0.3 is 0 Å². The van der Waals surface area contributed by atoms with Gasteiger partial charge in [0.05, 0.1) is 0 Å². The summed E-state index contributed by atoms with van der Waals surface area (Å²) >= 11 is 0. The molecule has 0 heteroatoms. The van der Waals surface area contributed by atoms with Crippen molar-refractivity contribution < 1.29 is 0 Å². The van der Waals surface area contributed by atoms with Crippen LogP contribution in [0.4, 0.5) is 0 Å². The highest BCUT2D eigenvalue weighted by Gasteiger charge is 2.21. The first kappa shape index (κ1) is 38.7. The Balaban J connectivity index is 1.10. The zero-order chi connectivity index (χ0) is 43.3. The Morgan fingerprint density at radius 2 is 0.364 bits per heavy atom. The second kappa shape index (κ2) is 15.6. The lowest BCUT2D eigenvalue weighted by molar-refractivity contribution is 0.686. The number of fused-ring (bicyclic) bond motifs is 15. The number of hydrogen-bond donors (Lipinski definition) is 0. The van der Waals surface area contributed by atoms with Gasteiger partial charge in [-0.1, -0.05) is 121 Å². The van der Waals surface area contributed by atoms with Gasteiger partial charge in [-0.3, -0.25) is 0 Å². The quantitative estimate of drug-likeness (QED) is 0.155. The van der Waals surface area contributed by atoms with E-state index in [9.17, 15) is 0 Å². The largest absolute Gasteiger partial charge is 0.0582 e. The molecule has 66 heavy (non-hydrogen) atoms. The van der Waals surface area contributed by atoms with Crippen molar-refractivity contribution in [3.63, 3.8) is 0 Å². The fraction of sp³-hybridized carbons (Fsp3) is 0.242. The fourth-order valence-corrected chi connectivity index (χ4v) is 13.1. The molecule has 0 aromatic heterocycles. The van der Waals surface area contributed by atoms with Crippen LogP contribution >= 0.6 is 0 Å². The van der Waals surface area contributed by atoms with E-state index in [-0.39, 0.29) is 0 Å². The molecule has 0 fully saturated rings. The van der Waals surface area contributed by atoms with Gasteiger partial charge in [-0.15, -0.1) is 0 Å². The van der Waals surface area contributed by atoms with E-state index in [1.54, 1.807) is 22.3 Å². The van der Waals surface area contributed by atoms with Crippen LogP contribution < -0.4 is 0 Å². The Hall–Kier alpha value is -6.50. The van der Waals surface area contributed by atoms with E-state index in [0.717, 1.165) is 0 Å². The van der Waals surface area contributed by atoms with Crippen LogP contribution in [-0.4, -0.2) is 0 Å². The molecule has 10 aromatic rings. The molecule has 0 saturated carbocycles. The van der Waals surface area contributed by atoms with E-state index in [2.05, 4.69) is 146 Å². The minimum absolute atomic E-state index is 1.19. The molecule has 0 heterocycles. The minimum Gasteiger partial charge on any atom is -0.0582 e. The summed E-state index contributed by atoms with van der Waals surface area (Å²) in [6, 6.07) is 59.0. The van der Waals surface area contributed by atoms with E-state index in [4.69, 9.17) is 0 Å². The number of benzene rings is 10. The van der Waals surface area contributed by atoms with Crippen LogP contribution in [0.1, 0.15) is 95.9 Å². The van der Waals surface area contributed by atoms with Crippen molar-refractivity contribution >= 4 is 53.9 Å².